The van der Waals surface area contributed by atoms with Crippen molar-refractivity contribution in [3.05, 3.63) is 88.6 Å². The Morgan fingerprint density at radius 2 is 1.70 bits per heavy atom. The highest BCUT2D eigenvalue weighted by molar-refractivity contribution is 6.30. The van der Waals surface area contributed by atoms with Crippen LogP contribution < -0.4 is 15.4 Å². The molecule has 3 rings (SSSR count). The number of rotatable bonds is 8. The maximum absolute atomic E-state index is 12.5. The van der Waals surface area contributed by atoms with E-state index in [-0.39, 0.29) is 11.7 Å². The Balaban J connectivity index is 1.55. The smallest absolute Gasteiger partial charge is 0.263 e. The molecular formula is C24H25ClN2O3. The fourth-order valence-electron chi connectivity index (χ4n) is 2.99. The Morgan fingerprint density at radius 1 is 1.07 bits per heavy atom. The predicted molar refractivity (Wildman–Crippen MR) is 119 cm³/mol. The lowest BCUT2D eigenvalue weighted by atomic mass is 10.0. The molecule has 0 aromatic heterocycles. The number of halogens is 1. The number of ketones is 1. The monoisotopic (exact) mass is 424 g/mol. The molecule has 0 saturated carbocycles. The van der Waals surface area contributed by atoms with Crippen molar-refractivity contribution in [2.24, 2.45) is 0 Å². The fraction of sp³-hybridized carbons (Fsp3) is 0.250. The molecule has 2 N–H and O–H groups in total. The van der Waals surface area contributed by atoms with Crippen LogP contribution in [-0.2, 0) is 4.79 Å². The van der Waals surface area contributed by atoms with E-state index in [0.717, 1.165) is 13.0 Å². The maximum atomic E-state index is 12.5. The minimum atomic E-state index is -1.04. The van der Waals surface area contributed by atoms with Crippen LogP contribution in [-0.4, -0.2) is 30.4 Å². The third kappa shape index (κ3) is 5.74. The Morgan fingerprint density at radius 3 is 2.30 bits per heavy atom. The van der Waals surface area contributed by atoms with Crippen molar-refractivity contribution in [2.75, 3.05) is 13.1 Å². The summed E-state index contributed by atoms with van der Waals surface area (Å²) in [7, 11) is 0. The molecule has 1 aliphatic rings. The van der Waals surface area contributed by atoms with Crippen LogP contribution in [0.25, 0.3) is 0 Å². The zero-order valence-corrected chi connectivity index (χ0v) is 17.8. The molecule has 5 nitrogen and oxygen atoms in total. The lowest BCUT2D eigenvalue weighted by Crippen LogP contribution is -2.46. The van der Waals surface area contributed by atoms with Crippen molar-refractivity contribution in [1.82, 2.24) is 10.6 Å². The summed E-state index contributed by atoms with van der Waals surface area (Å²) >= 11 is 5.87. The molecule has 0 bridgehead atoms. The van der Waals surface area contributed by atoms with E-state index in [9.17, 15) is 9.59 Å². The number of nitrogens with one attached hydrogen (secondary N) is 2. The van der Waals surface area contributed by atoms with Gasteiger partial charge in [-0.3, -0.25) is 9.59 Å². The van der Waals surface area contributed by atoms with E-state index in [2.05, 4.69) is 16.7 Å². The average molecular weight is 425 g/mol. The van der Waals surface area contributed by atoms with Crippen LogP contribution in [0.3, 0.4) is 0 Å². The first kappa shape index (κ1) is 21.7. The highest BCUT2D eigenvalue weighted by Crippen LogP contribution is 2.21. The van der Waals surface area contributed by atoms with E-state index >= 15 is 0 Å². The zero-order valence-electron chi connectivity index (χ0n) is 17.1. The van der Waals surface area contributed by atoms with Gasteiger partial charge in [-0.15, -0.1) is 0 Å². The SMILES string of the molecule is CC(C)(Oc1ccc(C(=O)c2ccc(Cl)cc2)cc1)C(=O)NCCC1=CCNC=C1. The molecule has 0 unspecified atom stereocenters. The topological polar surface area (TPSA) is 67.4 Å². The standard InChI is InChI=1S/C24H25ClN2O3/c1-24(2,23(29)27-16-13-17-11-14-26-15-12-17)30-21-9-5-19(6-10-21)22(28)18-3-7-20(25)8-4-18/h3-12,14,26H,13,15-16H2,1-2H3,(H,27,29). The van der Waals surface area contributed by atoms with E-state index in [1.807, 2.05) is 12.3 Å². The van der Waals surface area contributed by atoms with Gasteiger partial charge in [-0.05, 0) is 86.6 Å². The van der Waals surface area contributed by atoms with Crippen molar-refractivity contribution in [3.8, 4) is 5.75 Å². The summed E-state index contributed by atoms with van der Waals surface area (Å²) < 4.78 is 5.88. The first-order valence-electron chi connectivity index (χ1n) is 9.82. The van der Waals surface area contributed by atoms with Crippen molar-refractivity contribution >= 4 is 23.3 Å². The molecule has 1 amide bonds. The van der Waals surface area contributed by atoms with Gasteiger partial charge in [0.05, 0.1) is 0 Å². The summed E-state index contributed by atoms with van der Waals surface area (Å²) in [5, 5.41) is 6.60. The van der Waals surface area contributed by atoms with Gasteiger partial charge in [0.2, 0.25) is 0 Å². The van der Waals surface area contributed by atoms with Crippen LogP contribution in [0.2, 0.25) is 5.02 Å². The average Bonchev–Trinajstić information content (AvgIpc) is 2.75. The second-order valence-corrected chi connectivity index (χ2v) is 7.94. The number of carbonyl (C=O) groups is 2. The van der Waals surface area contributed by atoms with E-state index in [0.29, 0.717) is 28.4 Å². The van der Waals surface area contributed by atoms with Crippen molar-refractivity contribution in [1.29, 1.82) is 0 Å². The summed E-state index contributed by atoms with van der Waals surface area (Å²) in [5.41, 5.74) is 1.25. The number of dihydropyridines is 1. The van der Waals surface area contributed by atoms with Gasteiger partial charge in [0, 0.05) is 29.2 Å². The Labute approximate surface area is 181 Å². The summed E-state index contributed by atoms with van der Waals surface area (Å²) in [6.45, 7) is 4.79. The van der Waals surface area contributed by atoms with Crippen LogP contribution in [0.1, 0.15) is 36.2 Å². The van der Waals surface area contributed by atoms with E-state index in [1.54, 1.807) is 62.4 Å². The molecule has 0 aliphatic carbocycles. The molecule has 0 fully saturated rings. The number of amides is 1. The second kappa shape index (κ2) is 9.63. The molecule has 156 valence electrons. The molecule has 2 aromatic rings. The third-order valence-electron chi connectivity index (χ3n) is 4.74. The minimum Gasteiger partial charge on any atom is -0.478 e. The van der Waals surface area contributed by atoms with Crippen LogP contribution in [0.15, 0.2) is 72.5 Å². The number of hydrogen-bond donors (Lipinski definition) is 2. The molecule has 0 radical (unpaired) electrons. The highest BCUT2D eigenvalue weighted by Gasteiger charge is 2.29. The van der Waals surface area contributed by atoms with Gasteiger partial charge in [-0.1, -0.05) is 17.7 Å². The normalized spacial score (nSPS) is 13.2. The number of carbonyl (C=O) groups excluding carboxylic acids is 2. The van der Waals surface area contributed by atoms with Gasteiger partial charge >= 0.3 is 0 Å². The van der Waals surface area contributed by atoms with Crippen LogP contribution in [0.4, 0.5) is 0 Å². The Hall–Kier alpha value is -3.05. The number of hydrogen-bond acceptors (Lipinski definition) is 4. The number of ether oxygens (including phenoxy) is 1. The van der Waals surface area contributed by atoms with Crippen molar-refractivity contribution in [2.45, 2.75) is 25.9 Å². The van der Waals surface area contributed by atoms with Gasteiger partial charge < -0.3 is 15.4 Å². The second-order valence-electron chi connectivity index (χ2n) is 7.50. The molecule has 2 aromatic carbocycles. The van der Waals surface area contributed by atoms with Gasteiger partial charge in [-0.2, -0.15) is 0 Å². The van der Waals surface area contributed by atoms with E-state index in [1.165, 1.54) is 5.57 Å². The Kier molecular flexibility index (Phi) is 6.95. The molecule has 0 spiro atoms. The molecule has 1 aliphatic heterocycles. The predicted octanol–water partition coefficient (Wildman–Crippen LogP) is 4.28. The summed E-state index contributed by atoms with van der Waals surface area (Å²) in [6, 6.07) is 13.5. The summed E-state index contributed by atoms with van der Waals surface area (Å²) in [4.78, 5) is 25.1. The summed E-state index contributed by atoms with van der Waals surface area (Å²) in [6.07, 6.45) is 6.78. The quantitative estimate of drug-likeness (QED) is 0.621. The van der Waals surface area contributed by atoms with Crippen LogP contribution in [0.5, 0.6) is 5.75 Å². The largest absolute Gasteiger partial charge is 0.478 e. The molecule has 6 heteroatoms. The maximum Gasteiger partial charge on any atom is 0.263 e. The zero-order chi connectivity index (χ0) is 21.6. The molecule has 0 saturated heterocycles. The molecule has 0 atom stereocenters. The van der Waals surface area contributed by atoms with Crippen LogP contribution >= 0.6 is 11.6 Å². The minimum absolute atomic E-state index is 0.100. The third-order valence-corrected chi connectivity index (χ3v) is 4.99. The number of allylic oxidation sites excluding steroid dienone is 1. The summed E-state index contributed by atoms with van der Waals surface area (Å²) in [5.74, 6) is 0.227. The van der Waals surface area contributed by atoms with E-state index < -0.39 is 5.60 Å². The van der Waals surface area contributed by atoms with Crippen LogP contribution in [0, 0.1) is 0 Å². The van der Waals surface area contributed by atoms with E-state index in [4.69, 9.17) is 16.3 Å². The van der Waals surface area contributed by atoms with Crippen molar-refractivity contribution < 1.29 is 14.3 Å². The van der Waals surface area contributed by atoms with Crippen molar-refractivity contribution in [3.63, 3.8) is 0 Å². The molecule has 1 heterocycles. The lowest BCUT2D eigenvalue weighted by molar-refractivity contribution is -0.134. The first-order valence-corrected chi connectivity index (χ1v) is 10.2. The lowest BCUT2D eigenvalue weighted by Gasteiger charge is -2.25. The van der Waals surface area contributed by atoms with Gasteiger partial charge in [0.1, 0.15) is 5.75 Å². The molecule has 30 heavy (non-hydrogen) atoms. The highest BCUT2D eigenvalue weighted by atomic mass is 35.5. The number of benzene rings is 2. The van der Waals surface area contributed by atoms with Gasteiger partial charge in [0.15, 0.2) is 11.4 Å². The van der Waals surface area contributed by atoms with Gasteiger partial charge in [-0.25, -0.2) is 0 Å². The Bertz CT molecular complexity index is 961. The fourth-order valence-corrected chi connectivity index (χ4v) is 3.12. The van der Waals surface area contributed by atoms with Gasteiger partial charge in [0.25, 0.3) is 5.91 Å². The molecular weight excluding hydrogens is 400 g/mol. The first-order chi connectivity index (χ1) is 14.3.